The molecule has 0 radical (unpaired) electrons. The summed E-state index contributed by atoms with van der Waals surface area (Å²) in [4.78, 5) is 38.8. The minimum absolute atomic E-state index is 0.00634. The van der Waals surface area contributed by atoms with Gasteiger partial charge in [0.25, 0.3) is 5.91 Å². The van der Waals surface area contributed by atoms with E-state index < -0.39 is 45.4 Å². The SMILES string of the molecule is C=C(C)C(C(=O)OCc1ccccc1)N1C(=O)C(NC(=O)OCc2ccccc2)C1S(=O)Cl. The third kappa shape index (κ3) is 6.00. The number of carbonyl (C=O) groups is 3. The van der Waals surface area contributed by atoms with Crippen LogP contribution in [0, 0.1) is 0 Å². The Bertz CT molecular complexity index is 1050. The van der Waals surface area contributed by atoms with Gasteiger partial charge in [-0.1, -0.05) is 67.2 Å². The quantitative estimate of drug-likeness (QED) is 0.251. The lowest BCUT2D eigenvalue weighted by Gasteiger charge is -2.47. The number of esters is 1. The number of rotatable bonds is 9. The molecule has 0 saturated carbocycles. The Morgan fingerprint density at radius 2 is 1.58 bits per heavy atom. The summed E-state index contributed by atoms with van der Waals surface area (Å²) >= 11 is 0. The van der Waals surface area contributed by atoms with Crippen molar-refractivity contribution in [2.24, 2.45) is 0 Å². The number of alkyl carbamates (subject to hydrolysis) is 1. The Balaban J connectivity index is 1.65. The lowest BCUT2D eigenvalue weighted by molar-refractivity contribution is -0.163. The Hall–Kier alpha value is -3.17. The highest BCUT2D eigenvalue weighted by atomic mass is 35.7. The summed E-state index contributed by atoms with van der Waals surface area (Å²) in [5, 5.41) is 1.22. The summed E-state index contributed by atoms with van der Waals surface area (Å²) in [6.45, 7) is 5.30. The minimum atomic E-state index is -2.10. The van der Waals surface area contributed by atoms with Crippen molar-refractivity contribution in [2.75, 3.05) is 0 Å². The fourth-order valence-electron chi connectivity index (χ4n) is 3.34. The Morgan fingerprint density at radius 3 is 2.06 bits per heavy atom. The van der Waals surface area contributed by atoms with Crippen LogP contribution in [0.1, 0.15) is 18.1 Å². The van der Waals surface area contributed by atoms with Crippen LogP contribution in [0.5, 0.6) is 0 Å². The molecule has 4 unspecified atom stereocenters. The lowest BCUT2D eigenvalue weighted by Crippen LogP contribution is -2.74. The van der Waals surface area contributed by atoms with Gasteiger partial charge in [0, 0.05) is 0 Å². The first-order chi connectivity index (χ1) is 15.8. The van der Waals surface area contributed by atoms with Crippen LogP contribution in [0.4, 0.5) is 4.79 Å². The molecule has 1 aliphatic heterocycles. The number of halogens is 1. The largest absolute Gasteiger partial charge is 0.459 e. The van der Waals surface area contributed by atoms with Crippen LogP contribution in [0.25, 0.3) is 0 Å². The number of nitrogens with one attached hydrogen (secondary N) is 1. The van der Waals surface area contributed by atoms with E-state index in [1.54, 1.807) is 55.5 Å². The smallest absolute Gasteiger partial charge is 0.408 e. The van der Waals surface area contributed by atoms with Crippen molar-refractivity contribution in [3.05, 3.63) is 83.9 Å². The molecule has 4 atom stereocenters. The predicted octanol–water partition coefficient (Wildman–Crippen LogP) is 3.04. The number of amides is 2. The molecule has 2 aromatic rings. The van der Waals surface area contributed by atoms with Crippen LogP contribution in [0.2, 0.25) is 0 Å². The molecule has 1 heterocycles. The van der Waals surface area contributed by atoms with E-state index in [1.807, 2.05) is 12.1 Å². The van der Waals surface area contributed by atoms with Crippen molar-refractivity contribution in [1.82, 2.24) is 10.2 Å². The molecule has 0 aliphatic carbocycles. The van der Waals surface area contributed by atoms with E-state index in [0.29, 0.717) is 5.57 Å². The molecule has 0 bridgehead atoms. The summed E-state index contributed by atoms with van der Waals surface area (Å²) in [5.41, 5.74) is 1.83. The zero-order valence-electron chi connectivity index (χ0n) is 17.8. The number of β-lactam (4-membered cyclic amide) rings is 1. The molecular formula is C23H23ClN2O6S. The van der Waals surface area contributed by atoms with Gasteiger partial charge in [-0.05, 0) is 34.3 Å². The van der Waals surface area contributed by atoms with E-state index in [-0.39, 0.29) is 13.2 Å². The maximum Gasteiger partial charge on any atom is 0.408 e. The Morgan fingerprint density at radius 1 is 1.06 bits per heavy atom. The first kappa shape index (κ1) is 24.5. The average Bonchev–Trinajstić information content (AvgIpc) is 2.80. The van der Waals surface area contributed by atoms with E-state index in [1.165, 1.54) is 0 Å². The van der Waals surface area contributed by atoms with E-state index in [9.17, 15) is 18.6 Å². The molecule has 2 amide bonds. The van der Waals surface area contributed by atoms with Crippen LogP contribution in [0.3, 0.4) is 0 Å². The number of ether oxygens (including phenoxy) is 2. The number of hydrogen-bond donors (Lipinski definition) is 1. The first-order valence-corrected chi connectivity index (χ1v) is 12.1. The molecule has 1 saturated heterocycles. The third-order valence-electron chi connectivity index (χ3n) is 4.95. The molecule has 1 fully saturated rings. The molecule has 1 aliphatic rings. The molecular weight excluding hydrogens is 468 g/mol. The average molecular weight is 491 g/mol. The number of benzene rings is 2. The summed E-state index contributed by atoms with van der Waals surface area (Å²) < 4.78 is 22.6. The highest BCUT2D eigenvalue weighted by molar-refractivity contribution is 8.08. The number of likely N-dealkylation sites (tertiary alicyclic amines) is 1. The molecule has 0 aromatic heterocycles. The topological polar surface area (TPSA) is 102 Å². The van der Waals surface area contributed by atoms with Crippen LogP contribution in [-0.4, -0.2) is 44.5 Å². The standard InChI is InChI=1S/C23H23ClN2O6S/c1-15(2)19(22(28)31-13-16-9-5-3-6-10-16)26-20(27)18(21(26)33(24)30)25-23(29)32-14-17-11-7-4-8-12-17/h3-12,18-19,21H,1,13-14H2,2H3,(H,25,29). The van der Waals surface area contributed by atoms with Crippen molar-refractivity contribution in [3.8, 4) is 0 Å². The lowest BCUT2D eigenvalue weighted by atomic mass is 9.99. The van der Waals surface area contributed by atoms with Crippen LogP contribution in [-0.2, 0) is 42.3 Å². The van der Waals surface area contributed by atoms with Crippen LogP contribution >= 0.6 is 10.7 Å². The number of nitrogens with zero attached hydrogens (tertiary/aromatic N) is 1. The third-order valence-corrected chi connectivity index (χ3v) is 6.37. The van der Waals surface area contributed by atoms with Crippen molar-refractivity contribution < 1.29 is 28.1 Å². The molecule has 2 aromatic carbocycles. The minimum Gasteiger partial charge on any atom is -0.459 e. The summed E-state index contributed by atoms with van der Waals surface area (Å²) in [5.74, 6) is -1.38. The molecule has 33 heavy (non-hydrogen) atoms. The van der Waals surface area contributed by atoms with E-state index in [0.717, 1.165) is 16.0 Å². The fourth-order valence-corrected chi connectivity index (χ4v) is 4.71. The Labute approximate surface area is 198 Å². The summed E-state index contributed by atoms with van der Waals surface area (Å²) in [6, 6.07) is 15.6. The van der Waals surface area contributed by atoms with Gasteiger partial charge in [0.1, 0.15) is 29.3 Å². The van der Waals surface area contributed by atoms with Crippen molar-refractivity contribution in [3.63, 3.8) is 0 Å². The van der Waals surface area contributed by atoms with Gasteiger partial charge < -0.3 is 19.7 Å². The predicted molar refractivity (Wildman–Crippen MR) is 123 cm³/mol. The molecule has 1 N–H and O–H groups in total. The van der Waals surface area contributed by atoms with Crippen molar-refractivity contribution in [2.45, 2.75) is 37.6 Å². The highest BCUT2D eigenvalue weighted by Gasteiger charge is 2.56. The first-order valence-electron chi connectivity index (χ1n) is 10.0. The van der Waals surface area contributed by atoms with Crippen molar-refractivity contribution in [1.29, 1.82) is 0 Å². The maximum absolute atomic E-state index is 12.8. The van der Waals surface area contributed by atoms with Gasteiger partial charge in [-0.25, -0.2) is 13.8 Å². The second-order valence-corrected chi connectivity index (χ2v) is 9.30. The van der Waals surface area contributed by atoms with Crippen molar-refractivity contribution >= 4 is 38.7 Å². The highest BCUT2D eigenvalue weighted by Crippen LogP contribution is 2.31. The second-order valence-electron chi connectivity index (χ2n) is 7.41. The Kier molecular flexibility index (Phi) is 8.24. The monoisotopic (exact) mass is 490 g/mol. The van der Waals surface area contributed by atoms with E-state index in [2.05, 4.69) is 11.9 Å². The normalized spacial score (nSPS) is 19.1. The van der Waals surface area contributed by atoms with Gasteiger partial charge in [-0.15, -0.1) is 0 Å². The van der Waals surface area contributed by atoms with E-state index in [4.69, 9.17) is 20.2 Å². The second kappa shape index (κ2) is 11.1. The van der Waals surface area contributed by atoms with Crippen LogP contribution < -0.4 is 5.32 Å². The van der Waals surface area contributed by atoms with Gasteiger partial charge in [0.15, 0.2) is 11.4 Å². The molecule has 0 spiro atoms. The summed E-state index contributed by atoms with van der Waals surface area (Å²) in [7, 11) is 3.73. The van der Waals surface area contributed by atoms with Gasteiger partial charge in [0.2, 0.25) is 0 Å². The molecule has 3 rings (SSSR count). The molecule has 174 valence electrons. The number of hydrogen-bond acceptors (Lipinski definition) is 6. The maximum atomic E-state index is 12.8. The van der Waals surface area contributed by atoms with Gasteiger partial charge >= 0.3 is 12.1 Å². The zero-order chi connectivity index (χ0) is 24.0. The van der Waals surface area contributed by atoms with Crippen LogP contribution in [0.15, 0.2) is 72.8 Å². The van der Waals surface area contributed by atoms with Gasteiger partial charge in [-0.3, -0.25) is 4.79 Å². The van der Waals surface area contributed by atoms with Gasteiger partial charge in [0.05, 0.1) is 0 Å². The molecule has 8 nitrogen and oxygen atoms in total. The number of carbonyl (C=O) groups excluding carboxylic acids is 3. The molecule has 10 heteroatoms. The fraction of sp³-hybridized carbons (Fsp3) is 0.261. The summed E-state index contributed by atoms with van der Waals surface area (Å²) in [6.07, 6.45) is -0.873. The van der Waals surface area contributed by atoms with E-state index >= 15 is 0 Å². The van der Waals surface area contributed by atoms with Gasteiger partial charge in [-0.2, -0.15) is 0 Å². The zero-order valence-corrected chi connectivity index (χ0v) is 19.4.